The SMILES string of the molecule is CN1CCCCC1Cn1c2cccc(OCC(=O)O)c2c2c(C(N)=O)cccc21. The van der Waals surface area contributed by atoms with Gasteiger partial charge in [-0.3, -0.25) is 4.79 Å². The predicted molar refractivity (Wildman–Crippen MR) is 111 cm³/mol. The maximum atomic E-state index is 12.2. The van der Waals surface area contributed by atoms with E-state index in [1.807, 2.05) is 24.3 Å². The van der Waals surface area contributed by atoms with E-state index in [0.717, 1.165) is 41.3 Å². The third-order valence-corrected chi connectivity index (χ3v) is 5.81. The molecule has 1 aliphatic rings. The molecule has 3 aromatic rings. The number of carboxylic acid groups (broad SMARTS) is 1. The van der Waals surface area contributed by atoms with Gasteiger partial charge in [-0.25, -0.2) is 4.79 Å². The van der Waals surface area contributed by atoms with Crippen molar-refractivity contribution in [3.05, 3.63) is 42.0 Å². The summed E-state index contributed by atoms with van der Waals surface area (Å²) in [6, 6.07) is 11.5. The van der Waals surface area contributed by atoms with E-state index in [-0.39, 0.29) is 0 Å². The number of likely N-dealkylation sites (tertiary alicyclic amines) is 1. The Morgan fingerprint density at radius 3 is 2.55 bits per heavy atom. The van der Waals surface area contributed by atoms with Crippen LogP contribution in [0.25, 0.3) is 21.8 Å². The van der Waals surface area contributed by atoms with E-state index in [1.165, 1.54) is 12.8 Å². The standard InChI is InChI=1S/C22H25N3O4/c1-24-11-3-2-6-14(24)12-25-16-8-4-7-15(22(23)28)20(16)21-17(25)9-5-10-18(21)29-13-19(26)27/h4-5,7-10,14H,2-3,6,11-13H2,1H3,(H2,23,28)(H,26,27). The first-order valence-electron chi connectivity index (χ1n) is 9.86. The minimum Gasteiger partial charge on any atom is -0.481 e. The second-order valence-electron chi connectivity index (χ2n) is 7.64. The Morgan fingerprint density at radius 2 is 1.86 bits per heavy atom. The summed E-state index contributed by atoms with van der Waals surface area (Å²) < 4.78 is 7.78. The number of hydrogen-bond acceptors (Lipinski definition) is 4. The van der Waals surface area contributed by atoms with Crippen LogP contribution in [0.1, 0.15) is 29.6 Å². The van der Waals surface area contributed by atoms with Crippen molar-refractivity contribution in [2.75, 3.05) is 20.2 Å². The van der Waals surface area contributed by atoms with Crippen molar-refractivity contribution in [1.82, 2.24) is 9.47 Å². The molecule has 2 heterocycles. The highest BCUT2D eigenvalue weighted by Crippen LogP contribution is 2.38. The van der Waals surface area contributed by atoms with Crippen molar-refractivity contribution >= 4 is 33.7 Å². The molecule has 1 atom stereocenters. The van der Waals surface area contributed by atoms with Gasteiger partial charge in [0.1, 0.15) is 5.75 Å². The lowest BCUT2D eigenvalue weighted by molar-refractivity contribution is -0.139. The first kappa shape index (κ1) is 19.3. The fourth-order valence-electron chi connectivity index (χ4n) is 4.40. The first-order chi connectivity index (χ1) is 14.0. The molecule has 1 amide bonds. The minimum atomic E-state index is -1.05. The number of hydrogen-bond donors (Lipinski definition) is 2. The topological polar surface area (TPSA) is 97.8 Å². The number of primary amides is 1. The number of rotatable bonds is 6. The number of carbonyl (C=O) groups is 2. The number of aromatic nitrogens is 1. The summed E-state index contributed by atoms with van der Waals surface area (Å²) >= 11 is 0. The van der Waals surface area contributed by atoms with Crippen molar-refractivity contribution in [1.29, 1.82) is 0 Å². The molecule has 0 spiro atoms. The normalized spacial score (nSPS) is 17.6. The van der Waals surface area contributed by atoms with Gasteiger partial charge in [0.2, 0.25) is 5.91 Å². The molecule has 0 aliphatic carbocycles. The van der Waals surface area contributed by atoms with E-state index < -0.39 is 18.5 Å². The number of benzene rings is 2. The monoisotopic (exact) mass is 395 g/mol. The molecule has 1 saturated heterocycles. The van der Waals surface area contributed by atoms with Crippen LogP contribution in [0.3, 0.4) is 0 Å². The highest BCUT2D eigenvalue weighted by atomic mass is 16.5. The van der Waals surface area contributed by atoms with Gasteiger partial charge < -0.3 is 25.0 Å². The van der Waals surface area contributed by atoms with Crippen LogP contribution >= 0.6 is 0 Å². The molecular formula is C22H25N3O4. The van der Waals surface area contributed by atoms with Gasteiger partial charge in [-0.05, 0) is 50.7 Å². The van der Waals surface area contributed by atoms with E-state index in [0.29, 0.717) is 17.4 Å². The molecule has 152 valence electrons. The zero-order valence-electron chi connectivity index (χ0n) is 16.4. The maximum Gasteiger partial charge on any atom is 0.341 e. The Bertz CT molecular complexity index is 1090. The van der Waals surface area contributed by atoms with Gasteiger partial charge in [0.15, 0.2) is 6.61 Å². The van der Waals surface area contributed by atoms with Gasteiger partial charge in [0, 0.05) is 23.5 Å². The van der Waals surface area contributed by atoms with E-state index in [4.69, 9.17) is 15.6 Å². The summed E-state index contributed by atoms with van der Waals surface area (Å²) in [5.74, 6) is -1.12. The Labute approximate surface area is 168 Å². The van der Waals surface area contributed by atoms with Gasteiger partial charge >= 0.3 is 5.97 Å². The molecular weight excluding hydrogens is 370 g/mol. The first-order valence-corrected chi connectivity index (χ1v) is 9.86. The van der Waals surface area contributed by atoms with Crippen molar-refractivity contribution < 1.29 is 19.4 Å². The largest absolute Gasteiger partial charge is 0.481 e. The number of fused-ring (bicyclic) bond motifs is 3. The van der Waals surface area contributed by atoms with Crippen LogP contribution in [0.5, 0.6) is 5.75 Å². The van der Waals surface area contributed by atoms with Gasteiger partial charge in [-0.2, -0.15) is 0 Å². The quantitative estimate of drug-likeness (QED) is 0.669. The summed E-state index contributed by atoms with van der Waals surface area (Å²) in [6.07, 6.45) is 3.52. The van der Waals surface area contributed by atoms with Crippen molar-refractivity contribution in [3.63, 3.8) is 0 Å². The number of carbonyl (C=O) groups excluding carboxylic acids is 1. The third-order valence-electron chi connectivity index (χ3n) is 5.81. The molecule has 7 nitrogen and oxygen atoms in total. The fraction of sp³-hybridized carbons (Fsp3) is 0.364. The van der Waals surface area contributed by atoms with Crippen LogP contribution in [0.15, 0.2) is 36.4 Å². The van der Waals surface area contributed by atoms with E-state index in [2.05, 4.69) is 16.5 Å². The van der Waals surface area contributed by atoms with Crippen molar-refractivity contribution in [2.45, 2.75) is 31.8 Å². The van der Waals surface area contributed by atoms with Crippen LogP contribution in [-0.2, 0) is 11.3 Å². The lowest BCUT2D eigenvalue weighted by Crippen LogP contribution is -2.39. The number of aliphatic carboxylic acids is 1. The number of nitrogens with zero attached hydrogens (tertiary/aromatic N) is 2. The number of ether oxygens (including phenoxy) is 1. The van der Waals surface area contributed by atoms with E-state index in [1.54, 1.807) is 12.1 Å². The molecule has 0 radical (unpaired) electrons. The van der Waals surface area contributed by atoms with Crippen LogP contribution in [0, 0.1) is 0 Å². The summed E-state index contributed by atoms with van der Waals surface area (Å²) in [4.78, 5) is 25.6. The predicted octanol–water partition coefficient (Wildman–Crippen LogP) is 2.84. The summed E-state index contributed by atoms with van der Waals surface area (Å²) in [5.41, 5.74) is 7.90. The number of amides is 1. The Balaban J connectivity index is 1.94. The van der Waals surface area contributed by atoms with Gasteiger partial charge in [-0.1, -0.05) is 18.6 Å². The Morgan fingerprint density at radius 1 is 1.14 bits per heavy atom. The summed E-state index contributed by atoms with van der Waals surface area (Å²) in [7, 11) is 2.15. The van der Waals surface area contributed by atoms with Crippen LogP contribution in [0.4, 0.5) is 0 Å². The molecule has 0 saturated carbocycles. The number of carboxylic acids is 1. The molecule has 2 aromatic carbocycles. The molecule has 1 unspecified atom stereocenters. The molecule has 1 aromatic heterocycles. The average Bonchev–Trinajstić information content (AvgIpc) is 3.02. The van der Waals surface area contributed by atoms with Gasteiger partial charge in [-0.15, -0.1) is 0 Å². The highest BCUT2D eigenvalue weighted by Gasteiger charge is 2.24. The molecule has 7 heteroatoms. The molecule has 4 rings (SSSR count). The van der Waals surface area contributed by atoms with Crippen molar-refractivity contribution in [2.24, 2.45) is 5.73 Å². The smallest absolute Gasteiger partial charge is 0.341 e. The zero-order chi connectivity index (χ0) is 20.5. The number of nitrogens with two attached hydrogens (primary N) is 1. The Kier molecular flexibility index (Phi) is 5.15. The second kappa shape index (κ2) is 7.75. The van der Waals surface area contributed by atoms with Crippen LogP contribution in [-0.4, -0.2) is 52.7 Å². The third kappa shape index (κ3) is 3.53. The van der Waals surface area contributed by atoms with E-state index >= 15 is 0 Å². The lowest BCUT2D eigenvalue weighted by Gasteiger charge is -2.33. The Hall–Kier alpha value is -3.06. The molecule has 3 N–H and O–H groups in total. The number of likely N-dealkylation sites (N-methyl/N-ethyl adjacent to an activating group) is 1. The van der Waals surface area contributed by atoms with Gasteiger partial charge in [0.05, 0.1) is 16.4 Å². The van der Waals surface area contributed by atoms with Crippen molar-refractivity contribution in [3.8, 4) is 5.75 Å². The number of piperidine rings is 1. The summed E-state index contributed by atoms with van der Waals surface area (Å²) in [5, 5.41) is 10.5. The highest BCUT2D eigenvalue weighted by molar-refractivity contribution is 6.19. The van der Waals surface area contributed by atoms with E-state index in [9.17, 15) is 9.59 Å². The van der Waals surface area contributed by atoms with Crippen LogP contribution < -0.4 is 10.5 Å². The fourth-order valence-corrected chi connectivity index (χ4v) is 4.40. The zero-order valence-corrected chi connectivity index (χ0v) is 16.4. The lowest BCUT2D eigenvalue weighted by atomic mass is 10.0. The van der Waals surface area contributed by atoms with Crippen LogP contribution in [0.2, 0.25) is 0 Å². The second-order valence-corrected chi connectivity index (χ2v) is 7.64. The molecule has 0 bridgehead atoms. The molecule has 1 aliphatic heterocycles. The average molecular weight is 395 g/mol. The minimum absolute atomic E-state index is 0.392. The maximum absolute atomic E-state index is 12.2. The van der Waals surface area contributed by atoms with Gasteiger partial charge in [0.25, 0.3) is 0 Å². The molecule has 1 fully saturated rings. The molecule has 29 heavy (non-hydrogen) atoms. The summed E-state index contributed by atoms with van der Waals surface area (Å²) in [6.45, 7) is 1.40.